The standard InChI is InChI=1S/C6H13NO3P/c1-6(2)5-10-11(7-6)8-3-4-9-11/h7H,3-5H2,1-2H3/q+1. The van der Waals surface area contributed by atoms with Crippen LogP contribution in [0.5, 0.6) is 0 Å². The average Bonchev–Trinajstić information content (AvgIpc) is 2.43. The minimum atomic E-state index is -2.07. The van der Waals surface area contributed by atoms with Crippen LogP contribution in [-0.2, 0) is 13.6 Å². The molecule has 0 aromatic heterocycles. The maximum Gasteiger partial charge on any atom is 0.502 e. The van der Waals surface area contributed by atoms with Crippen LogP contribution in [0.3, 0.4) is 0 Å². The van der Waals surface area contributed by atoms with Crippen LogP contribution in [0.25, 0.3) is 0 Å². The average molecular weight is 178 g/mol. The molecule has 2 heterocycles. The lowest BCUT2D eigenvalue weighted by Crippen LogP contribution is -2.34. The van der Waals surface area contributed by atoms with Gasteiger partial charge < -0.3 is 0 Å². The third kappa shape index (κ3) is 1.42. The van der Waals surface area contributed by atoms with Gasteiger partial charge in [-0.1, -0.05) is 0 Å². The second-order valence-electron chi connectivity index (χ2n) is 3.43. The van der Waals surface area contributed by atoms with Crippen molar-refractivity contribution in [3.63, 3.8) is 0 Å². The lowest BCUT2D eigenvalue weighted by molar-refractivity contribution is 0.238. The van der Waals surface area contributed by atoms with E-state index in [1.165, 1.54) is 0 Å². The fourth-order valence-electron chi connectivity index (χ4n) is 1.17. The van der Waals surface area contributed by atoms with Gasteiger partial charge in [0.1, 0.15) is 19.8 Å². The van der Waals surface area contributed by atoms with Crippen LogP contribution in [0.4, 0.5) is 0 Å². The molecule has 4 nitrogen and oxygen atoms in total. The van der Waals surface area contributed by atoms with Gasteiger partial charge in [-0.3, -0.25) is 0 Å². The van der Waals surface area contributed by atoms with Gasteiger partial charge in [-0.15, -0.1) is 5.09 Å². The summed E-state index contributed by atoms with van der Waals surface area (Å²) in [5.41, 5.74) is -0.00187. The lowest BCUT2D eigenvalue weighted by Gasteiger charge is -2.12. The van der Waals surface area contributed by atoms with Crippen LogP contribution in [0.1, 0.15) is 13.8 Å². The van der Waals surface area contributed by atoms with Crippen LogP contribution in [0.15, 0.2) is 0 Å². The summed E-state index contributed by atoms with van der Waals surface area (Å²) in [5, 5.41) is 3.25. The van der Waals surface area contributed by atoms with Gasteiger partial charge in [0.2, 0.25) is 0 Å². The Bertz CT molecular complexity index is 167. The van der Waals surface area contributed by atoms with E-state index in [9.17, 15) is 0 Å². The zero-order chi connectivity index (χ0) is 7.95. The molecule has 0 atom stereocenters. The van der Waals surface area contributed by atoms with Gasteiger partial charge in [0.25, 0.3) is 0 Å². The molecule has 1 spiro atoms. The van der Waals surface area contributed by atoms with Crippen molar-refractivity contribution in [3.8, 4) is 0 Å². The van der Waals surface area contributed by atoms with Crippen molar-refractivity contribution >= 4 is 8.09 Å². The molecule has 2 fully saturated rings. The van der Waals surface area contributed by atoms with Crippen molar-refractivity contribution in [2.75, 3.05) is 19.8 Å². The zero-order valence-corrected chi connectivity index (χ0v) is 7.69. The van der Waals surface area contributed by atoms with Gasteiger partial charge in [-0.25, -0.2) is 0 Å². The second-order valence-corrected chi connectivity index (χ2v) is 5.43. The van der Waals surface area contributed by atoms with Gasteiger partial charge in [-0.05, 0) is 13.8 Å². The van der Waals surface area contributed by atoms with Crippen LogP contribution in [0, 0.1) is 0 Å². The molecule has 2 aliphatic rings. The predicted octanol–water partition coefficient (Wildman–Crippen LogP) is 1.11. The van der Waals surface area contributed by atoms with E-state index in [4.69, 9.17) is 13.6 Å². The molecular formula is C6H13NO3P+. The fraction of sp³-hybridized carbons (Fsp3) is 1.00. The highest BCUT2D eigenvalue weighted by molar-refractivity contribution is 7.60. The molecule has 0 aliphatic carbocycles. The molecule has 2 saturated heterocycles. The zero-order valence-electron chi connectivity index (χ0n) is 6.79. The quantitative estimate of drug-likeness (QED) is 0.564. The lowest BCUT2D eigenvalue weighted by atomic mass is 10.1. The fourth-order valence-corrected chi connectivity index (χ4v) is 3.52. The highest BCUT2D eigenvalue weighted by Crippen LogP contribution is 2.65. The van der Waals surface area contributed by atoms with E-state index in [0.29, 0.717) is 19.8 Å². The molecular weight excluding hydrogens is 165 g/mol. The van der Waals surface area contributed by atoms with Gasteiger partial charge in [0, 0.05) is 0 Å². The Morgan fingerprint density at radius 2 is 1.82 bits per heavy atom. The molecule has 64 valence electrons. The summed E-state index contributed by atoms with van der Waals surface area (Å²) in [4.78, 5) is 0. The Balaban J connectivity index is 2.07. The third-order valence-corrected chi connectivity index (χ3v) is 4.03. The van der Waals surface area contributed by atoms with Crippen molar-refractivity contribution < 1.29 is 13.6 Å². The van der Waals surface area contributed by atoms with Gasteiger partial charge in [0.05, 0.1) is 5.54 Å². The summed E-state index contributed by atoms with van der Waals surface area (Å²) in [7, 11) is -2.07. The minimum Gasteiger partial charge on any atom is -0.161 e. The molecule has 0 aromatic carbocycles. The SMILES string of the molecule is CC1(C)CO[P+]2(N1)OCCO2. The molecule has 0 unspecified atom stereocenters. The molecule has 0 aromatic rings. The molecule has 0 bridgehead atoms. The van der Waals surface area contributed by atoms with E-state index < -0.39 is 8.09 Å². The van der Waals surface area contributed by atoms with Crippen molar-refractivity contribution in [3.05, 3.63) is 0 Å². The third-order valence-electron chi connectivity index (χ3n) is 1.64. The summed E-state index contributed by atoms with van der Waals surface area (Å²) in [6.45, 7) is 6.12. The van der Waals surface area contributed by atoms with Crippen LogP contribution >= 0.6 is 8.09 Å². The normalized spacial score (nSPS) is 33.3. The Kier molecular flexibility index (Phi) is 1.71. The van der Waals surface area contributed by atoms with Crippen molar-refractivity contribution in [2.45, 2.75) is 19.4 Å². The van der Waals surface area contributed by atoms with E-state index >= 15 is 0 Å². The van der Waals surface area contributed by atoms with E-state index in [0.717, 1.165) is 0 Å². The Morgan fingerprint density at radius 1 is 1.18 bits per heavy atom. The summed E-state index contributed by atoms with van der Waals surface area (Å²) in [5.74, 6) is 0. The highest BCUT2D eigenvalue weighted by atomic mass is 31.2. The minimum absolute atomic E-state index is 0.00187. The molecule has 1 N–H and O–H groups in total. The van der Waals surface area contributed by atoms with E-state index in [1.54, 1.807) is 0 Å². The first-order chi connectivity index (χ1) is 5.12. The molecule has 2 aliphatic heterocycles. The maximum absolute atomic E-state index is 5.47. The molecule has 11 heavy (non-hydrogen) atoms. The first kappa shape index (κ1) is 7.90. The van der Waals surface area contributed by atoms with Crippen molar-refractivity contribution in [1.29, 1.82) is 0 Å². The Labute approximate surface area is 66.8 Å². The molecule has 5 heteroatoms. The Hall–Kier alpha value is 0.270. The highest BCUT2D eigenvalue weighted by Gasteiger charge is 2.60. The first-order valence-corrected chi connectivity index (χ1v) is 5.28. The van der Waals surface area contributed by atoms with Gasteiger partial charge in [-0.2, -0.15) is 13.6 Å². The summed E-state index contributed by atoms with van der Waals surface area (Å²) in [6, 6.07) is 0. The number of hydrogen-bond acceptors (Lipinski definition) is 4. The number of nitrogens with one attached hydrogen (secondary N) is 1. The van der Waals surface area contributed by atoms with Gasteiger partial charge in [0.15, 0.2) is 0 Å². The van der Waals surface area contributed by atoms with Crippen LogP contribution < -0.4 is 5.09 Å². The van der Waals surface area contributed by atoms with Crippen LogP contribution in [-0.4, -0.2) is 25.4 Å². The number of rotatable bonds is 0. The summed E-state index contributed by atoms with van der Waals surface area (Å²) in [6.07, 6.45) is 0. The first-order valence-electron chi connectivity index (χ1n) is 3.74. The van der Waals surface area contributed by atoms with E-state index in [-0.39, 0.29) is 5.54 Å². The van der Waals surface area contributed by atoms with E-state index in [1.807, 2.05) is 0 Å². The molecule has 0 radical (unpaired) electrons. The smallest absolute Gasteiger partial charge is 0.161 e. The van der Waals surface area contributed by atoms with Crippen LogP contribution in [0.2, 0.25) is 0 Å². The molecule has 0 saturated carbocycles. The molecule has 2 rings (SSSR count). The number of hydrogen-bond donors (Lipinski definition) is 1. The summed E-state index contributed by atoms with van der Waals surface area (Å²) < 4.78 is 16.3. The topological polar surface area (TPSA) is 39.7 Å². The molecule has 0 amide bonds. The predicted molar refractivity (Wildman–Crippen MR) is 42.0 cm³/mol. The summed E-state index contributed by atoms with van der Waals surface area (Å²) >= 11 is 0. The van der Waals surface area contributed by atoms with E-state index in [2.05, 4.69) is 18.9 Å². The van der Waals surface area contributed by atoms with Crippen molar-refractivity contribution in [2.24, 2.45) is 0 Å². The monoisotopic (exact) mass is 178 g/mol. The van der Waals surface area contributed by atoms with Gasteiger partial charge >= 0.3 is 8.09 Å². The largest absolute Gasteiger partial charge is 0.502 e. The maximum atomic E-state index is 5.47. The van der Waals surface area contributed by atoms with Crippen molar-refractivity contribution in [1.82, 2.24) is 5.09 Å². The Morgan fingerprint density at radius 3 is 2.27 bits per heavy atom. The second kappa shape index (κ2) is 2.38.